The van der Waals surface area contributed by atoms with Gasteiger partial charge in [0.1, 0.15) is 5.76 Å². The van der Waals surface area contributed by atoms with Crippen molar-refractivity contribution < 1.29 is 9.21 Å². The molecule has 1 fully saturated rings. The lowest BCUT2D eigenvalue weighted by molar-refractivity contribution is 0.0910. The Balaban J connectivity index is 0.00000144. The van der Waals surface area contributed by atoms with Crippen LogP contribution in [0.15, 0.2) is 10.5 Å². The topological polar surface area (TPSA) is 54.3 Å². The van der Waals surface area contributed by atoms with E-state index in [0.29, 0.717) is 5.76 Å². The van der Waals surface area contributed by atoms with Gasteiger partial charge in [0.05, 0.1) is 0 Å². The number of furan rings is 1. The molecule has 0 radical (unpaired) electrons. The molecule has 0 saturated carbocycles. The van der Waals surface area contributed by atoms with E-state index in [9.17, 15) is 4.79 Å². The van der Waals surface area contributed by atoms with Gasteiger partial charge < -0.3 is 15.1 Å². The first kappa shape index (κ1) is 14.1. The van der Waals surface area contributed by atoms with E-state index in [0.717, 1.165) is 37.3 Å². The van der Waals surface area contributed by atoms with Crippen molar-refractivity contribution in [1.29, 1.82) is 0 Å². The van der Waals surface area contributed by atoms with E-state index in [1.165, 1.54) is 0 Å². The smallest absolute Gasteiger partial charge is 0.287 e. The normalized spacial score (nSPS) is 18.8. The van der Waals surface area contributed by atoms with Crippen molar-refractivity contribution in [3.8, 4) is 0 Å². The number of carbonyl (C=O) groups is 1. The van der Waals surface area contributed by atoms with Crippen molar-refractivity contribution in [2.24, 2.45) is 0 Å². The Morgan fingerprint density at radius 1 is 1.65 bits per heavy atom. The SMILES string of the molecule is CCc1oc(C(=O)NC2CCNC2)cc1C.Cl. The lowest BCUT2D eigenvalue weighted by Gasteiger charge is -2.09. The number of carbonyl (C=O) groups excluding carboxylic acids is 1. The third-order valence-corrected chi connectivity index (χ3v) is 2.96. The number of halogens is 1. The summed E-state index contributed by atoms with van der Waals surface area (Å²) in [6.45, 7) is 5.82. The molecule has 17 heavy (non-hydrogen) atoms. The summed E-state index contributed by atoms with van der Waals surface area (Å²) in [7, 11) is 0. The summed E-state index contributed by atoms with van der Waals surface area (Å²) in [5, 5.41) is 6.18. The monoisotopic (exact) mass is 258 g/mol. The lowest BCUT2D eigenvalue weighted by Crippen LogP contribution is -2.35. The minimum absolute atomic E-state index is 0. The van der Waals surface area contributed by atoms with Crippen LogP contribution in [-0.4, -0.2) is 25.0 Å². The molecule has 1 unspecified atom stereocenters. The van der Waals surface area contributed by atoms with Gasteiger partial charge in [0.15, 0.2) is 5.76 Å². The largest absolute Gasteiger partial charge is 0.456 e. The molecule has 0 aromatic carbocycles. The number of amides is 1. The standard InChI is InChI=1S/C12H18N2O2.ClH/c1-3-10-8(2)6-11(16-10)12(15)14-9-4-5-13-7-9;/h6,9,13H,3-5,7H2,1-2H3,(H,14,15);1H. The molecular formula is C12H19ClN2O2. The molecule has 1 atom stereocenters. The third kappa shape index (κ3) is 3.23. The fraction of sp³-hybridized carbons (Fsp3) is 0.583. The van der Waals surface area contributed by atoms with Crippen LogP contribution in [0.2, 0.25) is 0 Å². The van der Waals surface area contributed by atoms with E-state index in [2.05, 4.69) is 10.6 Å². The molecule has 2 N–H and O–H groups in total. The zero-order chi connectivity index (χ0) is 11.5. The molecule has 1 aromatic rings. The minimum atomic E-state index is -0.100. The average Bonchev–Trinajstić information content (AvgIpc) is 2.87. The van der Waals surface area contributed by atoms with Crippen LogP contribution in [-0.2, 0) is 6.42 Å². The number of hydrogen-bond acceptors (Lipinski definition) is 3. The Bertz CT molecular complexity index is 384. The number of hydrogen-bond donors (Lipinski definition) is 2. The predicted octanol–water partition coefficient (Wildman–Crippen LogP) is 1.66. The Labute approximate surface area is 108 Å². The molecule has 0 aliphatic carbocycles. The van der Waals surface area contributed by atoms with E-state index in [1.54, 1.807) is 0 Å². The average molecular weight is 259 g/mol. The van der Waals surface area contributed by atoms with Gasteiger partial charge in [-0.3, -0.25) is 4.79 Å². The maximum atomic E-state index is 11.8. The van der Waals surface area contributed by atoms with Gasteiger partial charge in [-0.25, -0.2) is 0 Å². The van der Waals surface area contributed by atoms with Crippen molar-refractivity contribution in [3.05, 3.63) is 23.2 Å². The highest BCUT2D eigenvalue weighted by Crippen LogP contribution is 2.15. The first-order chi connectivity index (χ1) is 7.70. The van der Waals surface area contributed by atoms with Crippen LogP contribution in [0.25, 0.3) is 0 Å². The van der Waals surface area contributed by atoms with Crippen LogP contribution in [0.1, 0.15) is 35.2 Å². The van der Waals surface area contributed by atoms with Crippen LogP contribution < -0.4 is 10.6 Å². The fourth-order valence-electron chi connectivity index (χ4n) is 2.02. The maximum Gasteiger partial charge on any atom is 0.287 e. The van der Waals surface area contributed by atoms with Crippen LogP contribution in [0.4, 0.5) is 0 Å². The first-order valence-electron chi connectivity index (χ1n) is 5.81. The number of aryl methyl sites for hydroxylation is 2. The van der Waals surface area contributed by atoms with Gasteiger partial charge >= 0.3 is 0 Å². The van der Waals surface area contributed by atoms with Gasteiger partial charge in [-0.2, -0.15) is 0 Å². The maximum absolute atomic E-state index is 11.8. The van der Waals surface area contributed by atoms with Crippen LogP contribution >= 0.6 is 12.4 Å². The zero-order valence-electron chi connectivity index (χ0n) is 10.2. The van der Waals surface area contributed by atoms with E-state index in [1.807, 2.05) is 19.9 Å². The van der Waals surface area contributed by atoms with Gasteiger partial charge in [0, 0.05) is 19.0 Å². The molecule has 2 rings (SSSR count). The van der Waals surface area contributed by atoms with E-state index in [-0.39, 0.29) is 24.4 Å². The zero-order valence-corrected chi connectivity index (χ0v) is 11.0. The van der Waals surface area contributed by atoms with Gasteiger partial charge in [-0.1, -0.05) is 6.92 Å². The van der Waals surface area contributed by atoms with Crippen molar-refractivity contribution >= 4 is 18.3 Å². The Morgan fingerprint density at radius 3 is 2.94 bits per heavy atom. The van der Waals surface area contributed by atoms with Crippen molar-refractivity contribution in [3.63, 3.8) is 0 Å². The van der Waals surface area contributed by atoms with E-state index in [4.69, 9.17) is 4.42 Å². The molecule has 1 amide bonds. The van der Waals surface area contributed by atoms with E-state index < -0.39 is 0 Å². The summed E-state index contributed by atoms with van der Waals surface area (Å²) in [6, 6.07) is 2.05. The van der Waals surface area contributed by atoms with Gasteiger partial charge in [-0.15, -0.1) is 12.4 Å². The van der Waals surface area contributed by atoms with Gasteiger partial charge in [0.25, 0.3) is 5.91 Å². The molecule has 0 bridgehead atoms. The molecule has 1 aromatic heterocycles. The summed E-state index contributed by atoms with van der Waals surface area (Å²) < 4.78 is 5.50. The van der Waals surface area contributed by atoms with Crippen LogP contribution in [0.5, 0.6) is 0 Å². The quantitative estimate of drug-likeness (QED) is 0.867. The van der Waals surface area contributed by atoms with Gasteiger partial charge in [-0.05, 0) is 31.5 Å². The summed E-state index contributed by atoms with van der Waals surface area (Å²) in [6.07, 6.45) is 1.82. The van der Waals surface area contributed by atoms with Crippen molar-refractivity contribution in [1.82, 2.24) is 10.6 Å². The summed E-state index contributed by atoms with van der Waals surface area (Å²) in [5.41, 5.74) is 1.05. The summed E-state index contributed by atoms with van der Waals surface area (Å²) in [5.74, 6) is 1.23. The van der Waals surface area contributed by atoms with E-state index >= 15 is 0 Å². The Hall–Kier alpha value is -1.00. The van der Waals surface area contributed by atoms with Crippen LogP contribution in [0, 0.1) is 6.92 Å². The predicted molar refractivity (Wildman–Crippen MR) is 68.8 cm³/mol. The number of nitrogens with one attached hydrogen (secondary N) is 2. The molecular weight excluding hydrogens is 240 g/mol. The number of rotatable bonds is 3. The second-order valence-electron chi connectivity index (χ2n) is 4.23. The second kappa shape index (κ2) is 6.07. The molecule has 1 aliphatic rings. The highest BCUT2D eigenvalue weighted by molar-refractivity contribution is 5.92. The van der Waals surface area contributed by atoms with Crippen LogP contribution in [0.3, 0.4) is 0 Å². The third-order valence-electron chi connectivity index (χ3n) is 2.96. The molecule has 1 saturated heterocycles. The molecule has 4 nitrogen and oxygen atoms in total. The minimum Gasteiger partial charge on any atom is -0.456 e. The molecule has 96 valence electrons. The molecule has 1 aliphatic heterocycles. The lowest BCUT2D eigenvalue weighted by atomic mass is 10.2. The summed E-state index contributed by atoms with van der Waals surface area (Å²) in [4.78, 5) is 11.8. The van der Waals surface area contributed by atoms with Crippen molar-refractivity contribution in [2.75, 3.05) is 13.1 Å². The summed E-state index contributed by atoms with van der Waals surface area (Å²) >= 11 is 0. The fourth-order valence-corrected chi connectivity index (χ4v) is 2.02. The first-order valence-corrected chi connectivity index (χ1v) is 5.81. The van der Waals surface area contributed by atoms with Crippen molar-refractivity contribution in [2.45, 2.75) is 32.7 Å². The molecule has 0 spiro atoms. The highest BCUT2D eigenvalue weighted by atomic mass is 35.5. The molecule has 5 heteroatoms. The highest BCUT2D eigenvalue weighted by Gasteiger charge is 2.20. The Kier molecular flexibility index (Phi) is 5.02. The Morgan fingerprint density at radius 2 is 2.41 bits per heavy atom. The second-order valence-corrected chi connectivity index (χ2v) is 4.23. The van der Waals surface area contributed by atoms with Gasteiger partial charge in [0.2, 0.25) is 0 Å². The molecule has 2 heterocycles.